The zero-order valence-electron chi connectivity index (χ0n) is 8.73. The Labute approximate surface area is 90.5 Å². The van der Waals surface area contributed by atoms with Gasteiger partial charge in [0.15, 0.2) is 0 Å². The Bertz CT molecular complexity index is 415. The van der Waals surface area contributed by atoms with Crippen molar-refractivity contribution in [2.75, 3.05) is 6.54 Å². The first-order chi connectivity index (χ1) is 7.09. The van der Waals surface area contributed by atoms with Gasteiger partial charge in [0, 0.05) is 13.1 Å². The second-order valence-corrected chi connectivity index (χ2v) is 5.04. The van der Waals surface area contributed by atoms with Crippen LogP contribution in [-0.2, 0) is 22.3 Å². The predicted molar refractivity (Wildman–Crippen MR) is 60.6 cm³/mol. The van der Waals surface area contributed by atoms with Crippen LogP contribution in [0.1, 0.15) is 18.1 Å². The zero-order valence-corrected chi connectivity index (χ0v) is 9.55. The molecular weight excluding hydrogens is 212 g/mol. The molecule has 1 rings (SSSR count). The number of benzene rings is 1. The lowest BCUT2D eigenvalue weighted by Gasteiger charge is -2.08. The van der Waals surface area contributed by atoms with E-state index in [2.05, 4.69) is 4.72 Å². The fourth-order valence-corrected chi connectivity index (χ4v) is 2.61. The third kappa shape index (κ3) is 3.62. The Morgan fingerprint density at radius 2 is 1.87 bits per heavy atom. The number of sulfonamides is 1. The van der Waals surface area contributed by atoms with Crippen molar-refractivity contribution < 1.29 is 8.42 Å². The van der Waals surface area contributed by atoms with E-state index in [0.717, 1.165) is 11.1 Å². The third-order valence-corrected chi connectivity index (χ3v) is 3.47. The summed E-state index contributed by atoms with van der Waals surface area (Å²) in [5, 5.41) is 0. The fraction of sp³-hybridized carbons (Fsp3) is 0.400. The maximum atomic E-state index is 11.5. The molecule has 0 radical (unpaired) electrons. The van der Waals surface area contributed by atoms with Gasteiger partial charge >= 0.3 is 0 Å². The lowest BCUT2D eigenvalue weighted by molar-refractivity contribution is 0.583. The number of hydrogen-bond donors (Lipinski definition) is 2. The minimum atomic E-state index is -3.22. The standard InChI is InChI=1S/C10H16N2O2S/c1-2-12-15(13,14)8-10-6-4-3-5-9(10)7-11/h3-6,12H,2,7-8,11H2,1H3. The molecular formula is C10H16N2O2S. The highest BCUT2D eigenvalue weighted by Crippen LogP contribution is 2.11. The summed E-state index contributed by atoms with van der Waals surface area (Å²) in [4.78, 5) is 0. The summed E-state index contributed by atoms with van der Waals surface area (Å²) in [6, 6.07) is 7.30. The van der Waals surface area contributed by atoms with Crippen LogP contribution in [0.4, 0.5) is 0 Å². The van der Waals surface area contributed by atoms with Gasteiger partial charge in [0.25, 0.3) is 0 Å². The summed E-state index contributed by atoms with van der Waals surface area (Å²) in [6.07, 6.45) is 0. The molecule has 0 aliphatic rings. The van der Waals surface area contributed by atoms with Crippen molar-refractivity contribution in [1.29, 1.82) is 0 Å². The van der Waals surface area contributed by atoms with E-state index >= 15 is 0 Å². The average molecular weight is 228 g/mol. The smallest absolute Gasteiger partial charge is 0.215 e. The summed E-state index contributed by atoms with van der Waals surface area (Å²) in [5.74, 6) is -0.00574. The van der Waals surface area contributed by atoms with E-state index in [4.69, 9.17) is 5.73 Å². The molecule has 84 valence electrons. The quantitative estimate of drug-likeness (QED) is 0.774. The Morgan fingerprint density at radius 3 is 2.40 bits per heavy atom. The van der Waals surface area contributed by atoms with Crippen molar-refractivity contribution in [1.82, 2.24) is 4.72 Å². The molecule has 3 N–H and O–H groups in total. The molecule has 1 aromatic rings. The Balaban J connectivity index is 2.89. The van der Waals surface area contributed by atoms with Gasteiger partial charge in [0.05, 0.1) is 5.75 Å². The van der Waals surface area contributed by atoms with E-state index in [1.807, 2.05) is 18.2 Å². The molecule has 0 heterocycles. The second-order valence-electron chi connectivity index (χ2n) is 3.23. The van der Waals surface area contributed by atoms with Crippen molar-refractivity contribution in [3.05, 3.63) is 35.4 Å². The summed E-state index contributed by atoms with van der Waals surface area (Å²) in [5.41, 5.74) is 7.17. The van der Waals surface area contributed by atoms with Crippen molar-refractivity contribution in [3.63, 3.8) is 0 Å². The van der Waals surface area contributed by atoms with E-state index in [0.29, 0.717) is 13.1 Å². The minimum absolute atomic E-state index is 0.00574. The van der Waals surface area contributed by atoms with E-state index in [9.17, 15) is 8.42 Å². The third-order valence-electron chi connectivity index (χ3n) is 2.05. The molecule has 0 aliphatic heterocycles. The van der Waals surface area contributed by atoms with E-state index in [1.54, 1.807) is 13.0 Å². The molecule has 0 aromatic heterocycles. The molecule has 0 saturated carbocycles. The molecule has 0 unspecified atom stereocenters. The van der Waals surface area contributed by atoms with Crippen LogP contribution < -0.4 is 10.5 Å². The first-order valence-corrected chi connectivity index (χ1v) is 6.48. The van der Waals surface area contributed by atoms with Gasteiger partial charge in [-0.3, -0.25) is 0 Å². The zero-order chi connectivity index (χ0) is 11.3. The van der Waals surface area contributed by atoms with Crippen LogP contribution in [0, 0.1) is 0 Å². The van der Waals surface area contributed by atoms with Gasteiger partial charge in [-0.2, -0.15) is 0 Å². The molecule has 15 heavy (non-hydrogen) atoms. The van der Waals surface area contributed by atoms with E-state index in [-0.39, 0.29) is 5.75 Å². The molecule has 1 aromatic carbocycles. The van der Waals surface area contributed by atoms with Gasteiger partial charge in [-0.25, -0.2) is 13.1 Å². The molecule has 0 bridgehead atoms. The second kappa shape index (κ2) is 5.25. The van der Waals surface area contributed by atoms with Crippen LogP contribution in [0.25, 0.3) is 0 Å². The average Bonchev–Trinajstić information content (AvgIpc) is 2.17. The van der Waals surface area contributed by atoms with Gasteiger partial charge in [-0.15, -0.1) is 0 Å². The van der Waals surface area contributed by atoms with Crippen molar-refractivity contribution in [3.8, 4) is 0 Å². The van der Waals surface area contributed by atoms with Crippen LogP contribution >= 0.6 is 0 Å². The summed E-state index contributed by atoms with van der Waals surface area (Å²) < 4.78 is 25.5. The first kappa shape index (κ1) is 12.2. The van der Waals surface area contributed by atoms with Crippen LogP contribution in [0.3, 0.4) is 0 Å². The van der Waals surface area contributed by atoms with Gasteiger partial charge in [0.1, 0.15) is 0 Å². The Morgan fingerprint density at radius 1 is 1.27 bits per heavy atom. The topological polar surface area (TPSA) is 72.2 Å². The van der Waals surface area contributed by atoms with Crippen molar-refractivity contribution >= 4 is 10.0 Å². The number of nitrogens with two attached hydrogens (primary N) is 1. The Kier molecular flexibility index (Phi) is 4.26. The molecule has 4 nitrogen and oxygen atoms in total. The van der Waals surface area contributed by atoms with Gasteiger partial charge in [0.2, 0.25) is 10.0 Å². The Hall–Kier alpha value is -0.910. The fourth-order valence-electron chi connectivity index (χ4n) is 1.37. The minimum Gasteiger partial charge on any atom is -0.326 e. The van der Waals surface area contributed by atoms with Gasteiger partial charge < -0.3 is 5.73 Å². The predicted octanol–water partition coefficient (Wildman–Crippen LogP) is 0.585. The van der Waals surface area contributed by atoms with Crippen LogP contribution in [0.2, 0.25) is 0 Å². The van der Waals surface area contributed by atoms with Crippen molar-refractivity contribution in [2.45, 2.75) is 19.2 Å². The molecule has 0 saturated heterocycles. The lowest BCUT2D eigenvalue weighted by atomic mass is 10.1. The maximum Gasteiger partial charge on any atom is 0.215 e. The SMILES string of the molecule is CCNS(=O)(=O)Cc1ccccc1CN. The highest BCUT2D eigenvalue weighted by molar-refractivity contribution is 7.88. The molecule has 0 spiro atoms. The van der Waals surface area contributed by atoms with Crippen molar-refractivity contribution in [2.24, 2.45) is 5.73 Å². The summed E-state index contributed by atoms with van der Waals surface area (Å²) >= 11 is 0. The summed E-state index contributed by atoms with van der Waals surface area (Å²) in [7, 11) is -3.22. The van der Waals surface area contributed by atoms with E-state index in [1.165, 1.54) is 0 Å². The molecule has 0 fully saturated rings. The molecule has 0 aliphatic carbocycles. The first-order valence-electron chi connectivity index (χ1n) is 4.83. The molecule has 5 heteroatoms. The van der Waals surface area contributed by atoms with Gasteiger partial charge in [-0.05, 0) is 11.1 Å². The maximum absolute atomic E-state index is 11.5. The molecule has 0 atom stereocenters. The number of hydrogen-bond acceptors (Lipinski definition) is 3. The number of rotatable bonds is 5. The number of nitrogens with one attached hydrogen (secondary N) is 1. The lowest BCUT2D eigenvalue weighted by Crippen LogP contribution is -2.25. The van der Waals surface area contributed by atoms with E-state index < -0.39 is 10.0 Å². The van der Waals surface area contributed by atoms with Crippen LogP contribution in [0.15, 0.2) is 24.3 Å². The highest BCUT2D eigenvalue weighted by Gasteiger charge is 2.11. The normalized spacial score (nSPS) is 11.6. The van der Waals surface area contributed by atoms with Gasteiger partial charge in [-0.1, -0.05) is 31.2 Å². The summed E-state index contributed by atoms with van der Waals surface area (Å²) in [6.45, 7) is 2.53. The largest absolute Gasteiger partial charge is 0.326 e. The monoisotopic (exact) mass is 228 g/mol. The van der Waals surface area contributed by atoms with Crippen LogP contribution in [-0.4, -0.2) is 15.0 Å². The van der Waals surface area contributed by atoms with Crippen LogP contribution in [0.5, 0.6) is 0 Å². The molecule has 0 amide bonds. The highest BCUT2D eigenvalue weighted by atomic mass is 32.2.